The number of carbonyl (C=O) groups excluding carboxylic acids is 1. The van der Waals surface area contributed by atoms with Crippen LogP contribution in [0.4, 0.5) is 5.69 Å². The van der Waals surface area contributed by atoms with Gasteiger partial charge in [-0.3, -0.25) is 9.78 Å². The number of nitrogens with one attached hydrogen (secondary N) is 2. The Labute approximate surface area is 157 Å². The molecule has 0 radical (unpaired) electrons. The molecular formula is C20H22N6O. The summed E-state index contributed by atoms with van der Waals surface area (Å²) in [4.78, 5) is 16.7. The smallest absolute Gasteiger partial charge is 0.277 e. The molecule has 2 N–H and O–H groups in total. The minimum absolute atomic E-state index is 0.245. The van der Waals surface area contributed by atoms with E-state index < -0.39 is 0 Å². The molecule has 1 amide bonds. The largest absolute Gasteiger partial charge is 0.320 e. The predicted molar refractivity (Wildman–Crippen MR) is 104 cm³/mol. The normalized spacial score (nSPS) is 14.9. The number of nitrogens with zero attached hydrogens (tertiary/aromatic N) is 4. The second-order valence-electron chi connectivity index (χ2n) is 6.78. The van der Waals surface area contributed by atoms with E-state index in [0.717, 1.165) is 48.3 Å². The Morgan fingerprint density at radius 1 is 1.15 bits per heavy atom. The van der Waals surface area contributed by atoms with Crippen molar-refractivity contribution in [3.63, 3.8) is 0 Å². The fourth-order valence-corrected chi connectivity index (χ4v) is 3.30. The molecule has 0 saturated carbocycles. The van der Waals surface area contributed by atoms with Gasteiger partial charge in [0.1, 0.15) is 0 Å². The maximum atomic E-state index is 12.7. The number of benzene rings is 1. The summed E-state index contributed by atoms with van der Waals surface area (Å²) in [5, 5.41) is 14.5. The minimum atomic E-state index is -0.245. The molecule has 2 aromatic heterocycles. The summed E-state index contributed by atoms with van der Waals surface area (Å²) in [5.41, 5.74) is 4.17. The van der Waals surface area contributed by atoms with Crippen molar-refractivity contribution >= 4 is 11.6 Å². The summed E-state index contributed by atoms with van der Waals surface area (Å²) in [6.45, 7) is 3.90. The first-order chi connectivity index (χ1) is 13.2. The van der Waals surface area contributed by atoms with Gasteiger partial charge in [0.25, 0.3) is 5.91 Å². The Bertz CT molecular complexity index is 931. The summed E-state index contributed by atoms with van der Waals surface area (Å²) in [6, 6.07) is 10.2. The highest BCUT2D eigenvalue weighted by molar-refractivity contribution is 6.03. The molecule has 1 saturated heterocycles. The van der Waals surface area contributed by atoms with Gasteiger partial charge in [-0.05, 0) is 67.7 Å². The zero-order valence-electron chi connectivity index (χ0n) is 15.2. The lowest BCUT2D eigenvalue weighted by atomic mass is 10.0. The third kappa shape index (κ3) is 3.88. The highest BCUT2D eigenvalue weighted by Gasteiger charge is 2.19. The van der Waals surface area contributed by atoms with E-state index in [4.69, 9.17) is 0 Å². The number of hydrogen-bond donors (Lipinski definition) is 2. The van der Waals surface area contributed by atoms with Crippen molar-refractivity contribution in [2.75, 3.05) is 18.4 Å². The molecule has 138 valence electrons. The third-order valence-corrected chi connectivity index (χ3v) is 4.93. The molecule has 3 heterocycles. The Balaban J connectivity index is 1.52. The maximum absolute atomic E-state index is 12.7. The van der Waals surface area contributed by atoms with Crippen LogP contribution in [0.25, 0.3) is 11.1 Å². The number of rotatable bonds is 4. The van der Waals surface area contributed by atoms with Crippen molar-refractivity contribution in [2.45, 2.75) is 25.8 Å². The molecule has 3 aromatic rings. The van der Waals surface area contributed by atoms with Gasteiger partial charge in [0, 0.05) is 18.1 Å². The molecule has 0 aliphatic carbocycles. The average molecular weight is 362 g/mol. The fourth-order valence-electron chi connectivity index (χ4n) is 3.30. The first-order valence-corrected chi connectivity index (χ1v) is 9.15. The maximum Gasteiger partial charge on any atom is 0.277 e. The number of piperidine rings is 1. The van der Waals surface area contributed by atoms with Gasteiger partial charge < -0.3 is 10.6 Å². The van der Waals surface area contributed by atoms with E-state index in [1.807, 2.05) is 41.9 Å². The first-order valence-electron chi connectivity index (χ1n) is 9.15. The van der Waals surface area contributed by atoms with Crippen molar-refractivity contribution in [3.8, 4) is 11.1 Å². The van der Waals surface area contributed by atoms with Gasteiger partial charge in [-0.2, -0.15) is 0 Å². The van der Waals surface area contributed by atoms with Gasteiger partial charge in [-0.1, -0.05) is 17.3 Å². The quantitative estimate of drug-likeness (QED) is 0.745. The Morgan fingerprint density at radius 3 is 2.70 bits per heavy atom. The third-order valence-electron chi connectivity index (χ3n) is 4.93. The van der Waals surface area contributed by atoms with E-state index in [0.29, 0.717) is 11.7 Å². The van der Waals surface area contributed by atoms with Crippen LogP contribution >= 0.6 is 0 Å². The number of amides is 1. The van der Waals surface area contributed by atoms with E-state index in [9.17, 15) is 4.79 Å². The monoisotopic (exact) mass is 362 g/mol. The second kappa shape index (κ2) is 7.67. The van der Waals surface area contributed by atoms with Gasteiger partial charge in [-0.15, -0.1) is 5.10 Å². The van der Waals surface area contributed by atoms with Gasteiger partial charge in [0.05, 0.1) is 12.2 Å². The van der Waals surface area contributed by atoms with Crippen molar-refractivity contribution in [3.05, 3.63) is 60.2 Å². The molecule has 4 rings (SSSR count). The van der Waals surface area contributed by atoms with E-state index in [1.165, 1.54) is 0 Å². The molecule has 1 fully saturated rings. The van der Waals surface area contributed by atoms with E-state index in [-0.39, 0.29) is 5.91 Å². The summed E-state index contributed by atoms with van der Waals surface area (Å²) in [7, 11) is 0. The molecule has 1 aliphatic rings. The Kier molecular flexibility index (Phi) is 4.93. The van der Waals surface area contributed by atoms with Gasteiger partial charge >= 0.3 is 0 Å². The molecule has 1 aromatic carbocycles. The average Bonchev–Trinajstić information content (AvgIpc) is 3.21. The number of pyridine rings is 1. The lowest BCUT2D eigenvalue weighted by Gasteiger charge is -2.22. The van der Waals surface area contributed by atoms with Crippen LogP contribution < -0.4 is 10.6 Å². The highest BCUT2D eigenvalue weighted by Crippen LogP contribution is 2.25. The van der Waals surface area contributed by atoms with Crippen molar-refractivity contribution in [1.82, 2.24) is 25.3 Å². The molecule has 0 spiro atoms. The van der Waals surface area contributed by atoms with Crippen LogP contribution in [0.15, 0.2) is 48.9 Å². The fraction of sp³-hybridized carbons (Fsp3) is 0.300. The van der Waals surface area contributed by atoms with Crippen molar-refractivity contribution < 1.29 is 4.79 Å². The van der Waals surface area contributed by atoms with Crippen LogP contribution in [0.2, 0.25) is 0 Å². The zero-order chi connectivity index (χ0) is 18.6. The summed E-state index contributed by atoms with van der Waals surface area (Å²) < 4.78 is 1.82. The topological polar surface area (TPSA) is 84.7 Å². The molecule has 27 heavy (non-hydrogen) atoms. The number of anilines is 1. The van der Waals surface area contributed by atoms with Crippen LogP contribution in [0.3, 0.4) is 0 Å². The molecule has 0 atom stereocenters. The molecule has 0 unspecified atom stereocenters. The minimum Gasteiger partial charge on any atom is -0.320 e. The lowest BCUT2D eigenvalue weighted by Crippen LogP contribution is -2.29. The standard InChI is InChI=1S/C20H22N6O/c1-14-2-3-16(15-4-8-21-9-5-15)12-18(14)23-20(27)19-13-26(25-24-19)17-6-10-22-11-7-17/h2-5,8-9,12-13,17,22H,6-7,10-11H2,1H3,(H,23,27). The zero-order valence-corrected chi connectivity index (χ0v) is 15.2. The van der Waals surface area contributed by atoms with Crippen molar-refractivity contribution in [2.24, 2.45) is 0 Å². The molecule has 0 bridgehead atoms. The van der Waals surface area contributed by atoms with Gasteiger partial charge in [0.2, 0.25) is 0 Å². The lowest BCUT2D eigenvalue weighted by molar-refractivity contribution is 0.102. The summed E-state index contributed by atoms with van der Waals surface area (Å²) >= 11 is 0. The molecule has 7 heteroatoms. The van der Waals surface area contributed by atoms with E-state index in [2.05, 4.69) is 25.9 Å². The second-order valence-corrected chi connectivity index (χ2v) is 6.78. The molecular weight excluding hydrogens is 340 g/mol. The van der Waals surface area contributed by atoms with Crippen LogP contribution in [0.1, 0.15) is 34.9 Å². The van der Waals surface area contributed by atoms with Crippen LogP contribution in [0.5, 0.6) is 0 Å². The Hall–Kier alpha value is -3.06. The Morgan fingerprint density at radius 2 is 1.93 bits per heavy atom. The van der Waals surface area contributed by atoms with Crippen molar-refractivity contribution in [1.29, 1.82) is 0 Å². The predicted octanol–water partition coefficient (Wildman–Crippen LogP) is 2.83. The number of hydrogen-bond acceptors (Lipinski definition) is 5. The number of carbonyl (C=O) groups is 1. The number of aromatic nitrogens is 4. The van der Waals surface area contributed by atoms with E-state index >= 15 is 0 Å². The summed E-state index contributed by atoms with van der Waals surface area (Å²) in [6.07, 6.45) is 7.25. The van der Waals surface area contributed by atoms with Crippen LogP contribution in [-0.2, 0) is 0 Å². The van der Waals surface area contributed by atoms with E-state index in [1.54, 1.807) is 18.6 Å². The van der Waals surface area contributed by atoms with Gasteiger partial charge in [-0.25, -0.2) is 4.68 Å². The van der Waals surface area contributed by atoms with Gasteiger partial charge in [0.15, 0.2) is 5.69 Å². The summed E-state index contributed by atoms with van der Waals surface area (Å²) in [5.74, 6) is -0.245. The number of aryl methyl sites for hydroxylation is 1. The SMILES string of the molecule is Cc1ccc(-c2ccncc2)cc1NC(=O)c1cn(C2CCNCC2)nn1. The molecule has 7 nitrogen and oxygen atoms in total. The van der Waals surface area contributed by atoms with Crippen LogP contribution in [-0.4, -0.2) is 39.0 Å². The van der Waals surface area contributed by atoms with Crippen LogP contribution in [0, 0.1) is 6.92 Å². The molecule has 1 aliphatic heterocycles. The first kappa shape index (κ1) is 17.4. The highest BCUT2D eigenvalue weighted by atomic mass is 16.2.